The first-order valence-electron chi connectivity index (χ1n) is 8.07. The number of hydrogen-bond donors (Lipinski definition) is 1. The van der Waals surface area contributed by atoms with Gasteiger partial charge in [0, 0.05) is 32.6 Å². The number of benzene rings is 1. The second-order valence-corrected chi connectivity index (χ2v) is 6.91. The van der Waals surface area contributed by atoms with E-state index < -0.39 is 5.41 Å². The molecule has 132 valence electrons. The fraction of sp³-hybridized carbons (Fsp3) is 0.556. The monoisotopic (exact) mass is 336 g/mol. The molecule has 1 saturated heterocycles. The second-order valence-electron chi connectivity index (χ2n) is 6.91. The van der Waals surface area contributed by atoms with Gasteiger partial charge in [-0.05, 0) is 24.1 Å². The summed E-state index contributed by atoms with van der Waals surface area (Å²) in [5.74, 6) is -0.476. The number of halogens is 1. The van der Waals surface area contributed by atoms with Gasteiger partial charge in [-0.15, -0.1) is 0 Å². The largest absolute Gasteiger partial charge is 0.385 e. The Bertz CT molecular complexity index is 601. The molecule has 1 fully saturated rings. The summed E-state index contributed by atoms with van der Waals surface area (Å²) in [7, 11) is 3.31. The quantitative estimate of drug-likeness (QED) is 0.867. The zero-order valence-electron chi connectivity index (χ0n) is 14.6. The molecule has 24 heavy (non-hydrogen) atoms. The first-order valence-corrected chi connectivity index (χ1v) is 8.07. The summed E-state index contributed by atoms with van der Waals surface area (Å²) in [4.78, 5) is 26.3. The highest BCUT2D eigenvalue weighted by Crippen LogP contribution is 2.33. The maximum absolute atomic E-state index is 13.2. The van der Waals surface area contributed by atoms with Crippen molar-refractivity contribution in [3.8, 4) is 0 Å². The van der Waals surface area contributed by atoms with Gasteiger partial charge in [0.1, 0.15) is 5.82 Å². The van der Waals surface area contributed by atoms with Crippen LogP contribution < -0.4 is 5.32 Å². The lowest BCUT2D eigenvalue weighted by atomic mass is 9.87. The Morgan fingerprint density at radius 1 is 1.38 bits per heavy atom. The Morgan fingerprint density at radius 3 is 2.58 bits per heavy atom. The molecule has 2 rings (SSSR count). The van der Waals surface area contributed by atoms with Crippen molar-refractivity contribution in [2.24, 2.45) is 5.41 Å². The zero-order valence-corrected chi connectivity index (χ0v) is 14.6. The number of carbonyl (C=O) groups is 2. The molecule has 0 bridgehead atoms. The summed E-state index contributed by atoms with van der Waals surface area (Å²) in [5, 5.41) is 3.00. The smallest absolute Gasteiger partial charge is 0.226 e. The lowest BCUT2D eigenvalue weighted by Gasteiger charge is -2.30. The van der Waals surface area contributed by atoms with Crippen LogP contribution in [0.15, 0.2) is 24.3 Å². The van der Waals surface area contributed by atoms with Crippen LogP contribution >= 0.6 is 0 Å². The van der Waals surface area contributed by atoms with E-state index in [1.165, 1.54) is 12.1 Å². The third-order valence-corrected chi connectivity index (χ3v) is 4.66. The van der Waals surface area contributed by atoms with E-state index in [9.17, 15) is 14.0 Å². The van der Waals surface area contributed by atoms with Crippen molar-refractivity contribution in [1.29, 1.82) is 0 Å². The molecular weight excluding hydrogens is 311 g/mol. The molecule has 1 N–H and O–H groups in total. The summed E-state index contributed by atoms with van der Waals surface area (Å²) in [6, 6.07) is 5.43. The number of ether oxygens (including phenoxy) is 1. The Labute approximate surface area is 142 Å². The Balaban J connectivity index is 2.16. The van der Waals surface area contributed by atoms with E-state index >= 15 is 0 Å². The van der Waals surface area contributed by atoms with Gasteiger partial charge in [-0.2, -0.15) is 0 Å². The van der Waals surface area contributed by atoms with Crippen LogP contribution in [0.3, 0.4) is 0 Å². The number of nitrogens with one attached hydrogen (secondary N) is 1. The van der Waals surface area contributed by atoms with Gasteiger partial charge in [0.2, 0.25) is 11.8 Å². The molecular formula is C18H25FN2O3. The van der Waals surface area contributed by atoms with E-state index in [2.05, 4.69) is 5.32 Å². The molecule has 1 aliphatic rings. The first kappa shape index (κ1) is 18.4. The summed E-state index contributed by atoms with van der Waals surface area (Å²) in [6.45, 7) is 4.20. The van der Waals surface area contributed by atoms with E-state index in [1.807, 2.05) is 13.8 Å². The minimum Gasteiger partial charge on any atom is -0.385 e. The highest BCUT2D eigenvalue weighted by atomic mass is 19.1. The fourth-order valence-electron chi connectivity index (χ4n) is 2.95. The van der Waals surface area contributed by atoms with Crippen molar-refractivity contribution in [3.63, 3.8) is 0 Å². The molecule has 0 saturated carbocycles. The molecule has 5 nitrogen and oxygen atoms in total. The van der Waals surface area contributed by atoms with Crippen molar-refractivity contribution >= 4 is 11.8 Å². The Kier molecular flexibility index (Phi) is 5.59. The van der Waals surface area contributed by atoms with Gasteiger partial charge in [0.25, 0.3) is 0 Å². The second kappa shape index (κ2) is 7.30. The maximum atomic E-state index is 13.2. The summed E-state index contributed by atoms with van der Waals surface area (Å²) in [6.07, 6.45) is 0.831. The van der Waals surface area contributed by atoms with Gasteiger partial charge in [0.15, 0.2) is 0 Å². The average Bonchev–Trinajstić information content (AvgIpc) is 2.81. The standard InChI is InChI=1S/C18H25FN2O3/c1-18(2,9-10-24-4)17(23)20-14-11-15(22)21(3)16(14)12-5-7-13(19)8-6-12/h5-8,14,16H,9-11H2,1-4H3,(H,20,23)/t14-,16+/m1/s1. The number of likely N-dealkylation sites (tertiary alicyclic amines) is 1. The number of rotatable bonds is 6. The van der Waals surface area contributed by atoms with Crippen LogP contribution in [0.1, 0.15) is 38.3 Å². The molecule has 1 aliphatic heterocycles. The highest BCUT2D eigenvalue weighted by molar-refractivity contribution is 5.85. The molecule has 1 aromatic rings. The third-order valence-electron chi connectivity index (χ3n) is 4.66. The van der Waals surface area contributed by atoms with E-state index in [4.69, 9.17) is 4.74 Å². The van der Waals surface area contributed by atoms with Crippen LogP contribution in [-0.4, -0.2) is 43.5 Å². The van der Waals surface area contributed by atoms with Gasteiger partial charge in [-0.25, -0.2) is 4.39 Å². The van der Waals surface area contributed by atoms with Gasteiger partial charge in [-0.1, -0.05) is 26.0 Å². The van der Waals surface area contributed by atoms with Crippen molar-refractivity contribution in [3.05, 3.63) is 35.6 Å². The lowest BCUT2D eigenvalue weighted by Crippen LogP contribution is -2.45. The van der Waals surface area contributed by atoms with Gasteiger partial charge < -0.3 is 15.0 Å². The highest BCUT2D eigenvalue weighted by Gasteiger charge is 2.41. The van der Waals surface area contributed by atoms with Crippen LogP contribution in [0.5, 0.6) is 0 Å². The van der Waals surface area contributed by atoms with E-state index in [1.54, 1.807) is 31.2 Å². The predicted octanol–water partition coefficient (Wildman–Crippen LogP) is 2.28. The fourth-order valence-corrected chi connectivity index (χ4v) is 2.95. The molecule has 1 heterocycles. The summed E-state index contributed by atoms with van der Waals surface area (Å²) >= 11 is 0. The van der Waals surface area contributed by atoms with Crippen molar-refractivity contribution < 1.29 is 18.7 Å². The molecule has 0 aromatic heterocycles. The minimum atomic E-state index is -0.590. The SMILES string of the molecule is COCCC(C)(C)C(=O)N[C@@H]1CC(=O)N(C)[C@H]1c1ccc(F)cc1. The molecule has 0 aliphatic carbocycles. The van der Waals surface area contributed by atoms with E-state index in [0.29, 0.717) is 13.0 Å². The van der Waals surface area contributed by atoms with Crippen LogP contribution in [0.2, 0.25) is 0 Å². The average molecular weight is 336 g/mol. The first-order chi connectivity index (χ1) is 11.3. The van der Waals surface area contributed by atoms with Crippen molar-refractivity contribution in [2.45, 2.75) is 38.8 Å². The summed E-state index contributed by atoms with van der Waals surface area (Å²) < 4.78 is 18.2. The van der Waals surface area contributed by atoms with Crippen LogP contribution in [0.4, 0.5) is 4.39 Å². The molecule has 6 heteroatoms. The third kappa shape index (κ3) is 3.93. The summed E-state index contributed by atoms with van der Waals surface area (Å²) in [5.41, 5.74) is 0.220. The zero-order chi connectivity index (χ0) is 17.9. The maximum Gasteiger partial charge on any atom is 0.226 e. The van der Waals surface area contributed by atoms with Gasteiger partial charge >= 0.3 is 0 Å². The van der Waals surface area contributed by atoms with Crippen LogP contribution in [0, 0.1) is 11.2 Å². The number of hydrogen-bond acceptors (Lipinski definition) is 3. The van der Waals surface area contributed by atoms with Crippen LogP contribution in [-0.2, 0) is 14.3 Å². The Hall–Kier alpha value is -1.95. The predicted molar refractivity (Wildman–Crippen MR) is 88.7 cm³/mol. The van der Waals surface area contributed by atoms with E-state index in [-0.39, 0.29) is 36.1 Å². The van der Waals surface area contributed by atoms with Gasteiger partial charge in [0.05, 0.1) is 12.1 Å². The number of carbonyl (C=O) groups excluding carboxylic acids is 2. The van der Waals surface area contributed by atoms with Gasteiger partial charge in [-0.3, -0.25) is 9.59 Å². The normalized spacial score (nSPS) is 21.2. The Morgan fingerprint density at radius 2 is 2.00 bits per heavy atom. The van der Waals surface area contributed by atoms with Crippen molar-refractivity contribution in [2.75, 3.05) is 20.8 Å². The van der Waals surface area contributed by atoms with E-state index in [0.717, 1.165) is 5.56 Å². The minimum absolute atomic E-state index is 0.0377. The molecule has 2 atom stereocenters. The molecule has 2 amide bonds. The number of likely N-dealkylation sites (N-methyl/N-ethyl adjacent to an activating group) is 1. The molecule has 0 spiro atoms. The van der Waals surface area contributed by atoms with Crippen molar-refractivity contribution in [1.82, 2.24) is 10.2 Å². The molecule has 0 radical (unpaired) electrons. The molecule has 1 aromatic carbocycles. The lowest BCUT2D eigenvalue weighted by molar-refractivity contribution is -0.131. The number of methoxy groups -OCH3 is 1. The van der Waals surface area contributed by atoms with Crippen LogP contribution in [0.25, 0.3) is 0 Å². The number of nitrogens with zero attached hydrogens (tertiary/aromatic N) is 1. The number of amides is 2. The molecule has 0 unspecified atom stereocenters. The topological polar surface area (TPSA) is 58.6 Å².